The van der Waals surface area contributed by atoms with Crippen molar-refractivity contribution in [1.82, 2.24) is 0 Å². The maximum Gasteiger partial charge on any atom is 0.146 e. The molecule has 0 N–H and O–H groups in total. The molecular weight excluding hydrogens is 480 g/mol. The molecule has 0 saturated carbocycles. The number of thioether (sulfide) groups is 2. The molecule has 2 aliphatic rings. The lowest BCUT2D eigenvalue weighted by molar-refractivity contribution is -0.119. The van der Waals surface area contributed by atoms with Crippen LogP contribution in [0.2, 0.25) is 0 Å². The van der Waals surface area contributed by atoms with Gasteiger partial charge in [-0.15, -0.1) is 23.5 Å². The van der Waals surface area contributed by atoms with Crippen LogP contribution in [0.5, 0.6) is 0 Å². The summed E-state index contributed by atoms with van der Waals surface area (Å²) in [5.41, 5.74) is 0. The van der Waals surface area contributed by atoms with Gasteiger partial charge >= 0.3 is 0 Å². The van der Waals surface area contributed by atoms with Gasteiger partial charge in [0.2, 0.25) is 0 Å². The second kappa shape index (κ2) is 17.4. The van der Waals surface area contributed by atoms with Crippen molar-refractivity contribution in [2.45, 2.75) is 97.3 Å². The number of Topliss-reactive ketones (excluding diaryl/α,β-unsaturated/α-hetero) is 2. The third-order valence-corrected chi connectivity index (χ3v) is 9.02. The summed E-state index contributed by atoms with van der Waals surface area (Å²) in [7, 11) is 0. The van der Waals surface area contributed by atoms with Gasteiger partial charge in [-0.3, -0.25) is 9.59 Å². The number of carbonyl (C=O) groups excluding carboxylic acids is 2. The lowest BCUT2D eigenvalue weighted by atomic mass is 10.0. The van der Waals surface area contributed by atoms with Crippen LogP contribution in [0.1, 0.15) is 77.0 Å². The maximum atomic E-state index is 12.2. The Morgan fingerprint density at radius 2 is 0.972 bits per heavy atom. The Morgan fingerprint density at radius 3 is 1.58 bits per heavy atom. The fourth-order valence-corrected chi connectivity index (χ4v) is 6.64. The van der Waals surface area contributed by atoms with Gasteiger partial charge in [-0.2, -0.15) is 0 Å². The Hall–Kier alpha value is -2.04. The maximum absolute atomic E-state index is 12.2. The van der Waals surface area contributed by atoms with Crippen molar-refractivity contribution >= 4 is 35.1 Å². The average molecular weight is 521 g/mol. The standard InChI is InChI=1S/2C16H20OS/c2*17-15-12-8-3-1-2-4-9-13-16(15)18-14-10-6-5-7-11-14/h2,4-7,10-11,16H,1,3,8-9,12-13H2;1-2,5-7,10-11,16H,3-4,8-9,12-13H2/b4-2+;2-1+. The van der Waals surface area contributed by atoms with Crippen LogP contribution in [0.3, 0.4) is 0 Å². The highest BCUT2D eigenvalue weighted by Crippen LogP contribution is 2.30. The lowest BCUT2D eigenvalue weighted by Gasteiger charge is -2.16. The minimum atomic E-state index is 0.134. The van der Waals surface area contributed by atoms with Gasteiger partial charge in [0.1, 0.15) is 11.6 Å². The normalized spacial score (nSPS) is 23.6. The van der Waals surface area contributed by atoms with Crippen molar-refractivity contribution in [3.05, 3.63) is 85.0 Å². The van der Waals surface area contributed by atoms with E-state index in [9.17, 15) is 9.59 Å². The summed E-state index contributed by atoms with van der Waals surface area (Å²) in [5.74, 6) is 0.860. The van der Waals surface area contributed by atoms with Crippen LogP contribution in [0.15, 0.2) is 94.8 Å². The summed E-state index contributed by atoms with van der Waals surface area (Å²) in [6, 6.07) is 20.5. The molecule has 4 rings (SSSR count). The zero-order valence-corrected chi connectivity index (χ0v) is 23.0. The highest BCUT2D eigenvalue weighted by atomic mass is 32.2. The first-order valence-electron chi connectivity index (χ1n) is 13.5. The van der Waals surface area contributed by atoms with E-state index in [1.807, 2.05) is 36.4 Å². The Bertz CT molecular complexity index is 951. The average Bonchev–Trinajstić information content (AvgIpc) is 2.91. The van der Waals surface area contributed by atoms with Crippen molar-refractivity contribution in [2.24, 2.45) is 0 Å². The van der Waals surface area contributed by atoms with Gasteiger partial charge in [0.05, 0.1) is 10.5 Å². The molecule has 192 valence electrons. The second-order valence-corrected chi connectivity index (χ2v) is 11.9. The smallest absolute Gasteiger partial charge is 0.146 e. The van der Waals surface area contributed by atoms with E-state index in [1.54, 1.807) is 23.5 Å². The highest BCUT2D eigenvalue weighted by Gasteiger charge is 2.20. The van der Waals surface area contributed by atoms with Crippen molar-refractivity contribution in [1.29, 1.82) is 0 Å². The second-order valence-electron chi connectivity index (χ2n) is 9.36. The first kappa shape index (κ1) is 28.5. The summed E-state index contributed by atoms with van der Waals surface area (Å²) >= 11 is 3.47. The Kier molecular flexibility index (Phi) is 13.8. The topological polar surface area (TPSA) is 34.1 Å². The molecule has 36 heavy (non-hydrogen) atoms. The van der Waals surface area contributed by atoms with Gasteiger partial charge in [0.15, 0.2) is 0 Å². The quantitative estimate of drug-likeness (QED) is 0.376. The van der Waals surface area contributed by atoms with Crippen molar-refractivity contribution in [3.8, 4) is 0 Å². The zero-order chi connectivity index (χ0) is 25.3. The van der Waals surface area contributed by atoms with Gasteiger partial charge in [-0.1, -0.05) is 60.7 Å². The van der Waals surface area contributed by atoms with E-state index in [2.05, 4.69) is 48.6 Å². The fourth-order valence-electron chi connectivity index (χ4n) is 4.32. The van der Waals surface area contributed by atoms with E-state index in [0.29, 0.717) is 11.6 Å². The van der Waals surface area contributed by atoms with Crippen LogP contribution in [0.4, 0.5) is 0 Å². The molecule has 2 aliphatic carbocycles. The van der Waals surface area contributed by atoms with E-state index in [1.165, 1.54) is 9.79 Å². The molecule has 2 atom stereocenters. The summed E-state index contributed by atoms with van der Waals surface area (Å²) in [5, 5.41) is 0.286. The Balaban J connectivity index is 0.000000201. The molecule has 2 unspecified atom stereocenters. The van der Waals surface area contributed by atoms with Crippen LogP contribution in [0.25, 0.3) is 0 Å². The summed E-state index contributed by atoms with van der Waals surface area (Å²) in [6.45, 7) is 0. The van der Waals surface area contributed by atoms with E-state index in [-0.39, 0.29) is 10.5 Å². The number of rotatable bonds is 4. The molecular formula is C32H40O2S2. The molecule has 0 aliphatic heterocycles. The van der Waals surface area contributed by atoms with Gasteiger partial charge in [-0.05, 0) is 88.5 Å². The van der Waals surface area contributed by atoms with Gasteiger partial charge in [0.25, 0.3) is 0 Å². The lowest BCUT2D eigenvalue weighted by Crippen LogP contribution is -2.17. The highest BCUT2D eigenvalue weighted by molar-refractivity contribution is 8.00. The van der Waals surface area contributed by atoms with Gasteiger partial charge in [-0.25, -0.2) is 0 Å². The molecule has 0 aromatic heterocycles. The fraction of sp³-hybridized carbons (Fsp3) is 0.438. The zero-order valence-electron chi connectivity index (χ0n) is 21.4. The van der Waals surface area contributed by atoms with Crippen LogP contribution < -0.4 is 0 Å². The monoisotopic (exact) mass is 520 g/mol. The number of hydrogen-bond donors (Lipinski definition) is 0. The molecule has 2 aromatic rings. The first-order valence-corrected chi connectivity index (χ1v) is 15.3. The minimum absolute atomic E-state index is 0.134. The van der Waals surface area contributed by atoms with E-state index in [0.717, 1.165) is 77.0 Å². The predicted octanol–water partition coefficient (Wildman–Crippen LogP) is 9.25. The summed E-state index contributed by atoms with van der Waals surface area (Å²) < 4.78 is 0. The number of carbonyl (C=O) groups is 2. The number of benzene rings is 2. The largest absolute Gasteiger partial charge is 0.298 e. The van der Waals surface area contributed by atoms with Crippen molar-refractivity contribution < 1.29 is 9.59 Å². The molecule has 0 bridgehead atoms. The van der Waals surface area contributed by atoms with Gasteiger partial charge < -0.3 is 0 Å². The van der Waals surface area contributed by atoms with Crippen LogP contribution >= 0.6 is 23.5 Å². The molecule has 0 amide bonds. The Morgan fingerprint density at radius 1 is 0.500 bits per heavy atom. The molecule has 0 fully saturated rings. The molecule has 0 radical (unpaired) electrons. The van der Waals surface area contributed by atoms with Crippen molar-refractivity contribution in [3.63, 3.8) is 0 Å². The molecule has 4 heteroatoms. The van der Waals surface area contributed by atoms with Crippen LogP contribution in [0, 0.1) is 0 Å². The third kappa shape index (κ3) is 11.3. The first-order chi connectivity index (χ1) is 17.7. The van der Waals surface area contributed by atoms with Crippen LogP contribution in [-0.2, 0) is 9.59 Å². The number of hydrogen-bond acceptors (Lipinski definition) is 4. The van der Waals surface area contributed by atoms with Crippen molar-refractivity contribution in [2.75, 3.05) is 0 Å². The van der Waals surface area contributed by atoms with Crippen LogP contribution in [-0.4, -0.2) is 22.1 Å². The number of ketones is 2. The summed E-state index contributed by atoms with van der Waals surface area (Å²) in [6.07, 6.45) is 21.0. The predicted molar refractivity (Wildman–Crippen MR) is 156 cm³/mol. The van der Waals surface area contributed by atoms with E-state index >= 15 is 0 Å². The summed E-state index contributed by atoms with van der Waals surface area (Å²) in [4.78, 5) is 26.8. The third-order valence-electron chi connectivity index (χ3n) is 6.37. The van der Waals surface area contributed by atoms with E-state index < -0.39 is 0 Å². The molecule has 2 nitrogen and oxygen atoms in total. The van der Waals surface area contributed by atoms with Gasteiger partial charge in [0, 0.05) is 22.6 Å². The molecule has 0 heterocycles. The number of allylic oxidation sites excluding steroid dienone is 4. The molecule has 0 spiro atoms. The van der Waals surface area contributed by atoms with E-state index in [4.69, 9.17) is 0 Å². The molecule has 0 saturated heterocycles. The molecule has 2 aromatic carbocycles. The SMILES string of the molecule is O=C1CCC/C=C/CCCC1Sc1ccccc1.O=C1CCCC/C=C/CCC1Sc1ccccc1. The minimum Gasteiger partial charge on any atom is -0.298 e. The Labute approximate surface area is 226 Å².